The monoisotopic (exact) mass is 440 g/mol. The van der Waals surface area contributed by atoms with Gasteiger partial charge in [-0.25, -0.2) is 4.39 Å². The molecule has 0 heterocycles. The number of benzene rings is 1. The van der Waals surface area contributed by atoms with Gasteiger partial charge in [0.1, 0.15) is 0 Å². The van der Waals surface area contributed by atoms with Crippen LogP contribution < -0.4 is 4.74 Å². The molecule has 0 unspecified atom stereocenters. The zero-order valence-corrected chi connectivity index (χ0v) is 18.8. The van der Waals surface area contributed by atoms with Crippen molar-refractivity contribution in [3.05, 3.63) is 41.7 Å². The van der Waals surface area contributed by atoms with E-state index in [0.717, 1.165) is 61.5 Å². The molecule has 0 bridgehead atoms. The second-order valence-electron chi connectivity index (χ2n) is 9.65. The quantitative estimate of drug-likeness (QED) is 0.304. The van der Waals surface area contributed by atoms with Crippen molar-refractivity contribution in [3.63, 3.8) is 0 Å². The molecule has 0 aliphatic heterocycles. The Balaban J connectivity index is 1.69. The zero-order valence-electron chi connectivity index (χ0n) is 18.8. The van der Waals surface area contributed by atoms with E-state index in [1.807, 2.05) is 13.0 Å². The Bertz CT molecular complexity index is 723. The molecule has 2 aliphatic carbocycles. The molecule has 0 N–H and O–H groups in total. The van der Waals surface area contributed by atoms with Gasteiger partial charge in [0.2, 0.25) is 0 Å². The molecule has 0 atom stereocenters. The highest BCUT2D eigenvalue weighted by atomic mass is 19.4. The van der Waals surface area contributed by atoms with Gasteiger partial charge in [0.25, 0.3) is 0 Å². The van der Waals surface area contributed by atoms with E-state index < -0.39 is 17.9 Å². The lowest BCUT2D eigenvalue weighted by molar-refractivity contribution is -0.275. The minimum Gasteiger partial charge on any atom is -0.403 e. The summed E-state index contributed by atoms with van der Waals surface area (Å²) >= 11 is 0. The lowest BCUT2D eigenvalue weighted by Gasteiger charge is -2.44. The Labute approximate surface area is 184 Å². The molecule has 3 rings (SSSR count). The molecule has 0 saturated heterocycles. The van der Waals surface area contributed by atoms with Crippen LogP contribution in [0, 0.1) is 23.6 Å². The third-order valence-electron chi connectivity index (χ3n) is 7.76. The molecule has 0 amide bonds. The number of ether oxygens (including phenoxy) is 1. The Morgan fingerprint density at radius 3 is 2.23 bits per heavy atom. The Hall–Kier alpha value is -1.52. The number of hydrogen-bond acceptors (Lipinski definition) is 1. The first-order chi connectivity index (χ1) is 14.8. The van der Waals surface area contributed by atoms with Crippen LogP contribution in [0.4, 0.5) is 17.6 Å². The summed E-state index contributed by atoms with van der Waals surface area (Å²) in [4.78, 5) is 0. The fraction of sp³-hybridized carbons (Fsp3) is 0.692. The molecule has 0 spiro atoms. The first-order valence-electron chi connectivity index (χ1n) is 11.9. The third-order valence-corrected chi connectivity index (χ3v) is 7.76. The SMILES string of the molecule is CC=CCC1(c2ccc(OC(F)(F)F)c(F)c2)CCC(C2CCC(CCC)CC2)CC1. The average Bonchev–Trinajstić information content (AvgIpc) is 2.74. The standard InChI is InChI=1S/C26H36F4O/c1-3-5-15-25(22-11-12-24(23(27)18-22)31-26(28,29)30)16-13-21(14-17-25)20-9-7-19(6-4-2)8-10-20/h3,5,11-12,18-21H,4,6-10,13-17H2,1-2H3. The lowest BCUT2D eigenvalue weighted by atomic mass is 9.61. The lowest BCUT2D eigenvalue weighted by Crippen LogP contribution is -2.34. The highest BCUT2D eigenvalue weighted by Gasteiger charge is 2.40. The van der Waals surface area contributed by atoms with Gasteiger partial charge < -0.3 is 4.74 Å². The number of rotatable bonds is 7. The third kappa shape index (κ3) is 6.26. The fourth-order valence-corrected chi connectivity index (χ4v) is 6.01. The van der Waals surface area contributed by atoms with Gasteiger partial charge in [-0.15, -0.1) is 13.2 Å². The molecule has 5 heteroatoms. The van der Waals surface area contributed by atoms with Gasteiger partial charge in [-0.05, 0) is 92.7 Å². The van der Waals surface area contributed by atoms with Crippen molar-refractivity contribution in [1.29, 1.82) is 0 Å². The van der Waals surface area contributed by atoms with Crippen LogP contribution in [0.25, 0.3) is 0 Å². The molecule has 2 aliphatic rings. The van der Waals surface area contributed by atoms with Gasteiger partial charge in [0.15, 0.2) is 11.6 Å². The summed E-state index contributed by atoms with van der Waals surface area (Å²) in [5.41, 5.74) is 0.586. The number of hydrogen-bond donors (Lipinski definition) is 0. The summed E-state index contributed by atoms with van der Waals surface area (Å²) < 4.78 is 55.8. The molecule has 1 aromatic rings. The topological polar surface area (TPSA) is 9.23 Å². The number of halogens is 4. The summed E-state index contributed by atoms with van der Waals surface area (Å²) in [5, 5.41) is 0. The van der Waals surface area contributed by atoms with Crippen LogP contribution >= 0.6 is 0 Å². The molecule has 174 valence electrons. The highest BCUT2D eigenvalue weighted by Crippen LogP contribution is 2.49. The Morgan fingerprint density at radius 1 is 1.03 bits per heavy atom. The molecular formula is C26H36F4O. The smallest absolute Gasteiger partial charge is 0.403 e. The van der Waals surface area contributed by atoms with E-state index in [1.54, 1.807) is 6.07 Å². The summed E-state index contributed by atoms with van der Waals surface area (Å²) in [6, 6.07) is 4.03. The fourth-order valence-electron chi connectivity index (χ4n) is 6.01. The second kappa shape index (κ2) is 10.4. The molecule has 0 radical (unpaired) electrons. The minimum absolute atomic E-state index is 0.208. The van der Waals surface area contributed by atoms with Crippen molar-refractivity contribution in [2.45, 2.75) is 96.3 Å². The van der Waals surface area contributed by atoms with Crippen LogP contribution in [-0.2, 0) is 5.41 Å². The molecular weight excluding hydrogens is 404 g/mol. The Morgan fingerprint density at radius 2 is 1.68 bits per heavy atom. The van der Waals surface area contributed by atoms with Crippen LogP contribution in [0.1, 0.15) is 90.0 Å². The van der Waals surface area contributed by atoms with Crippen LogP contribution in [0.5, 0.6) is 5.75 Å². The van der Waals surface area contributed by atoms with E-state index in [0.29, 0.717) is 0 Å². The first-order valence-corrected chi connectivity index (χ1v) is 11.9. The van der Waals surface area contributed by atoms with Gasteiger partial charge in [-0.1, -0.05) is 50.8 Å². The summed E-state index contributed by atoms with van der Waals surface area (Å²) in [7, 11) is 0. The van der Waals surface area contributed by atoms with Gasteiger partial charge >= 0.3 is 6.36 Å². The maximum Gasteiger partial charge on any atom is 0.573 e. The molecule has 1 aromatic carbocycles. The van der Waals surface area contributed by atoms with E-state index >= 15 is 0 Å². The Kier molecular flexibility index (Phi) is 8.09. The van der Waals surface area contributed by atoms with Crippen LogP contribution in [-0.4, -0.2) is 6.36 Å². The molecule has 0 aromatic heterocycles. The van der Waals surface area contributed by atoms with E-state index in [-0.39, 0.29) is 5.41 Å². The van der Waals surface area contributed by atoms with Crippen molar-refractivity contribution in [2.75, 3.05) is 0 Å². The van der Waals surface area contributed by atoms with Crippen LogP contribution in [0.15, 0.2) is 30.4 Å². The normalized spacial score (nSPS) is 29.9. The van der Waals surface area contributed by atoms with Crippen LogP contribution in [0.2, 0.25) is 0 Å². The van der Waals surface area contributed by atoms with Crippen LogP contribution in [0.3, 0.4) is 0 Å². The van der Waals surface area contributed by atoms with Crippen molar-refractivity contribution in [2.24, 2.45) is 17.8 Å². The first kappa shape index (κ1) is 24.1. The van der Waals surface area contributed by atoms with Crippen molar-refractivity contribution in [1.82, 2.24) is 0 Å². The maximum absolute atomic E-state index is 14.5. The minimum atomic E-state index is -4.89. The summed E-state index contributed by atoms with van der Waals surface area (Å²) in [5.74, 6) is 0.728. The zero-order chi connectivity index (χ0) is 22.5. The summed E-state index contributed by atoms with van der Waals surface area (Å²) in [6.07, 6.45) is 12.1. The van der Waals surface area contributed by atoms with Gasteiger partial charge in [-0.2, -0.15) is 0 Å². The average molecular weight is 441 g/mol. The molecule has 2 saturated carbocycles. The van der Waals surface area contributed by atoms with Gasteiger partial charge in [0.05, 0.1) is 0 Å². The molecule has 2 fully saturated rings. The predicted octanol–water partition coefficient (Wildman–Crippen LogP) is 8.73. The van der Waals surface area contributed by atoms with E-state index in [4.69, 9.17) is 0 Å². The van der Waals surface area contributed by atoms with E-state index in [9.17, 15) is 17.6 Å². The van der Waals surface area contributed by atoms with Gasteiger partial charge in [-0.3, -0.25) is 0 Å². The maximum atomic E-state index is 14.5. The van der Waals surface area contributed by atoms with Crippen molar-refractivity contribution < 1.29 is 22.3 Å². The van der Waals surface area contributed by atoms with Gasteiger partial charge in [0, 0.05) is 0 Å². The van der Waals surface area contributed by atoms with E-state index in [1.165, 1.54) is 44.6 Å². The molecule has 1 nitrogen and oxygen atoms in total. The summed E-state index contributed by atoms with van der Waals surface area (Å²) in [6.45, 7) is 4.23. The largest absolute Gasteiger partial charge is 0.573 e. The number of alkyl halides is 3. The second-order valence-corrected chi connectivity index (χ2v) is 9.65. The predicted molar refractivity (Wildman–Crippen MR) is 117 cm³/mol. The van der Waals surface area contributed by atoms with E-state index in [2.05, 4.69) is 17.7 Å². The number of allylic oxidation sites excluding steroid dienone is 2. The van der Waals surface area contributed by atoms with Crippen molar-refractivity contribution >= 4 is 0 Å². The van der Waals surface area contributed by atoms with Crippen molar-refractivity contribution in [3.8, 4) is 5.75 Å². The highest BCUT2D eigenvalue weighted by molar-refractivity contribution is 5.35. The molecule has 31 heavy (non-hydrogen) atoms.